The summed E-state index contributed by atoms with van der Waals surface area (Å²) in [7, 11) is 0. The first kappa shape index (κ1) is 15.8. The summed E-state index contributed by atoms with van der Waals surface area (Å²) in [4.78, 5) is 22.5. The third-order valence-electron chi connectivity index (χ3n) is 3.32. The number of halogens is 2. The second-order valence-electron chi connectivity index (χ2n) is 4.99. The highest BCUT2D eigenvalue weighted by Crippen LogP contribution is 2.14. The lowest BCUT2D eigenvalue weighted by atomic mass is 10.1. The summed E-state index contributed by atoms with van der Waals surface area (Å²) in [5.74, 6) is -1.78. The molecule has 1 unspecified atom stereocenters. The Morgan fingerprint density at radius 2 is 1.86 bits per heavy atom. The van der Waals surface area contributed by atoms with Gasteiger partial charge in [-0.15, -0.1) is 0 Å². The molecule has 0 aliphatic heterocycles. The van der Waals surface area contributed by atoms with E-state index in [1.807, 2.05) is 0 Å². The van der Waals surface area contributed by atoms with Crippen LogP contribution in [0.1, 0.15) is 34.5 Å². The molecule has 1 amide bonds. The van der Waals surface area contributed by atoms with Crippen molar-refractivity contribution >= 4 is 12.2 Å². The van der Waals surface area contributed by atoms with Crippen molar-refractivity contribution in [1.82, 2.24) is 5.32 Å². The van der Waals surface area contributed by atoms with Crippen molar-refractivity contribution in [3.05, 3.63) is 70.8 Å². The number of hydrogen-bond donors (Lipinski definition) is 1. The molecule has 0 bridgehead atoms. The standard InChI is InChI=1S/C17H15F2NO2/c1-11(13-4-2-12(10-21)3-5-13)20-17(22)8-14-6-7-15(18)9-16(14)19/h2-7,9-11H,8H2,1H3,(H,20,22). The van der Waals surface area contributed by atoms with Crippen LogP contribution in [0.5, 0.6) is 0 Å². The molecule has 0 saturated heterocycles. The fourth-order valence-corrected chi connectivity index (χ4v) is 2.08. The lowest BCUT2D eigenvalue weighted by Crippen LogP contribution is -2.28. The van der Waals surface area contributed by atoms with Gasteiger partial charge in [-0.2, -0.15) is 0 Å². The Labute approximate surface area is 127 Å². The summed E-state index contributed by atoms with van der Waals surface area (Å²) in [6.07, 6.45) is 0.577. The van der Waals surface area contributed by atoms with Crippen molar-refractivity contribution in [2.24, 2.45) is 0 Å². The van der Waals surface area contributed by atoms with Crippen molar-refractivity contribution < 1.29 is 18.4 Å². The lowest BCUT2D eigenvalue weighted by molar-refractivity contribution is -0.121. The molecule has 1 atom stereocenters. The van der Waals surface area contributed by atoms with Gasteiger partial charge in [-0.1, -0.05) is 30.3 Å². The molecule has 2 aromatic carbocycles. The van der Waals surface area contributed by atoms with Crippen LogP contribution in [-0.2, 0) is 11.2 Å². The fraction of sp³-hybridized carbons (Fsp3) is 0.176. The zero-order valence-corrected chi connectivity index (χ0v) is 12.0. The van der Waals surface area contributed by atoms with Crippen LogP contribution in [0.25, 0.3) is 0 Å². The fourth-order valence-electron chi connectivity index (χ4n) is 2.08. The van der Waals surface area contributed by atoms with E-state index < -0.39 is 11.6 Å². The van der Waals surface area contributed by atoms with E-state index in [2.05, 4.69) is 5.32 Å². The van der Waals surface area contributed by atoms with E-state index in [1.165, 1.54) is 6.07 Å². The first-order valence-electron chi connectivity index (χ1n) is 6.78. The van der Waals surface area contributed by atoms with Crippen molar-refractivity contribution in [1.29, 1.82) is 0 Å². The normalized spacial score (nSPS) is 11.8. The van der Waals surface area contributed by atoms with E-state index in [1.54, 1.807) is 31.2 Å². The highest BCUT2D eigenvalue weighted by atomic mass is 19.1. The number of carbonyl (C=O) groups excluding carboxylic acids is 2. The lowest BCUT2D eigenvalue weighted by Gasteiger charge is -2.14. The summed E-state index contributed by atoms with van der Waals surface area (Å²) in [6, 6.07) is 9.65. The van der Waals surface area contributed by atoms with Crippen molar-refractivity contribution in [3.63, 3.8) is 0 Å². The second kappa shape index (κ2) is 6.93. The van der Waals surface area contributed by atoms with Crippen LogP contribution in [-0.4, -0.2) is 12.2 Å². The van der Waals surface area contributed by atoms with Crippen LogP contribution < -0.4 is 5.32 Å². The van der Waals surface area contributed by atoms with Gasteiger partial charge in [-0.25, -0.2) is 8.78 Å². The van der Waals surface area contributed by atoms with Crippen LogP contribution in [0, 0.1) is 11.6 Å². The zero-order valence-electron chi connectivity index (χ0n) is 12.0. The third kappa shape index (κ3) is 3.97. The Balaban J connectivity index is 1.99. The molecule has 0 saturated carbocycles. The summed E-state index contributed by atoms with van der Waals surface area (Å²) < 4.78 is 26.3. The highest BCUT2D eigenvalue weighted by Gasteiger charge is 2.12. The van der Waals surface area contributed by atoms with Gasteiger partial charge < -0.3 is 5.32 Å². The number of amides is 1. The summed E-state index contributed by atoms with van der Waals surface area (Å²) in [5, 5.41) is 2.74. The molecule has 0 spiro atoms. The van der Waals surface area contributed by atoms with Gasteiger partial charge in [0.15, 0.2) is 0 Å². The molecule has 1 N–H and O–H groups in total. The Morgan fingerprint density at radius 3 is 2.45 bits per heavy atom. The SMILES string of the molecule is CC(NC(=O)Cc1ccc(F)cc1F)c1ccc(C=O)cc1. The number of rotatable bonds is 5. The van der Waals surface area contributed by atoms with Crippen LogP contribution in [0.4, 0.5) is 8.78 Å². The molecule has 0 aromatic heterocycles. The van der Waals surface area contributed by atoms with E-state index in [4.69, 9.17) is 0 Å². The third-order valence-corrected chi connectivity index (χ3v) is 3.32. The highest BCUT2D eigenvalue weighted by molar-refractivity contribution is 5.79. The predicted molar refractivity (Wildman–Crippen MR) is 78.4 cm³/mol. The van der Waals surface area contributed by atoms with Gasteiger partial charge in [0, 0.05) is 11.6 Å². The second-order valence-corrected chi connectivity index (χ2v) is 4.99. The molecule has 22 heavy (non-hydrogen) atoms. The van der Waals surface area contributed by atoms with E-state index in [9.17, 15) is 18.4 Å². The van der Waals surface area contributed by atoms with Crippen LogP contribution in [0.15, 0.2) is 42.5 Å². The van der Waals surface area contributed by atoms with Gasteiger partial charge in [0.25, 0.3) is 0 Å². The molecular formula is C17H15F2NO2. The zero-order chi connectivity index (χ0) is 16.1. The molecule has 0 heterocycles. The Hall–Kier alpha value is -2.56. The molecule has 0 aliphatic carbocycles. The number of hydrogen-bond acceptors (Lipinski definition) is 2. The molecule has 2 rings (SSSR count). The summed E-state index contributed by atoms with van der Waals surface area (Å²) in [5.41, 5.74) is 1.52. The molecule has 0 fully saturated rings. The number of carbonyl (C=O) groups is 2. The average Bonchev–Trinajstić information content (AvgIpc) is 2.50. The minimum atomic E-state index is -0.738. The average molecular weight is 303 g/mol. The maximum Gasteiger partial charge on any atom is 0.225 e. The Morgan fingerprint density at radius 1 is 1.18 bits per heavy atom. The maximum absolute atomic E-state index is 13.5. The molecule has 5 heteroatoms. The van der Waals surface area contributed by atoms with Crippen molar-refractivity contribution in [2.45, 2.75) is 19.4 Å². The smallest absolute Gasteiger partial charge is 0.225 e. The summed E-state index contributed by atoms with van der Waals surface area (Å²) in [6.45, 7) is 1.79. The van der Waals surface area contributed by atoms with Gasteiger partial charge in [0.05, 0.1) is 12.5 Å². The topological polar surface area (TPSA) is 46.2 Å². The first-order valence-corrected chi connectivity index (χ1v) is 6.78. The molecular weight excluding hydrogens is 288 g/mol. The monoisotopic (exact) mass is 303 g/mol. The van der Waals surface area contributed by atoms with Gasteiger partial charge in [-0.05, 0) is 24.1 Å². The van der Waals surface area contributed by atoms with Gasteiger partial charge in [-0.3, -0.25) is 9.59 Å². The number of benzene rings is 2. The van der Waals surface area contributed by atoms with E-state index in [0.29, 0.717) is 5.56 Å². The largest absolute Gasteiger partial charge is 0.349 e. The van der Waals surface area contributed by atoms with E-state index in [0.717, 1.165) is 24.0 Å². The minimum Gasteiger partial charge on any atom is -0.349 e. The van der Waals surface area contributed by atoms with Gasteiger partial charge in [0.1, 0.15) is 17.9 Å². The van der Waals surface area contributed by atoms with E-state index in [-0.39, 0.29) is 23.9 Å². The summed E-state index contributed by atoms with van der Waals surface area (Å²) >= 11 is 0. The Kier molecular flexibility index (Phi) is 4.99. The maximum atomic E-state index is 13.5. The number of nitrogens with one attached hydrogen (secondary N) is 1. The van der Waals surface area contributed by atoms with Crippen LogP contribution in [0.2, 0.25) is 0 Å². The van der Waals surface area contributed by atoms with E-state index >= 15 is 0 Å². The Bertz CT molecular complexity index is 684. The van der Waals surface area contributed by atoms with Crippen molar-refractivity contribution in [3.8, 4) is 0 Å². The quantitative estimate of drug-likeness (QED) is 0.862. The molecule has 0 aliphatic rings. The molecule has 3 nitrogen and oxygen atoms in total. The van der Waals surface area contributed by atoms with Crippen LogP contribution in [0.3, 0.4) is 0 Å². The predicted octanol–water partition coefficient (Wildman–Crippen LogP) is 3.20. The number of aldehydes is 1. The van der Waals surface area contributed by atoms with Gasteiger partial charge >= 0.3 is 0 Å². The minimum absolute atomic E-state index is 0.141. The van der Waals surface area contributed by atoms with Gasteiger partial charge in [0.2, 0.25) is 5.91 Å². The molecule has 0 radical (unpaired) electrons. The molecule has 2 aromatic rings. The van der Waals surface area contributed by atoms with Crippen LogP contribution >= 0.6 is 0 Å². The first-order chi connectivity index (χ1) is 10.5. The van der Waals surface area contributed by atoms with Crippen molar-refractivity contribution in [2.75, 3.05) is 0 Å². The molecule has 114 valence electrons.